The first kappa shape index (κ1) is 14.9. The maximum absolute atomic E-state index is 5.90. The van der Waals surface area contributed by atoms with E-state index in [2.05, 4.69) is 20.3 Å². The Morgan fingerprint density at radius 3 is 2.50 bits per heavy atom. The minimum absolute atomic E-state index is 0.0810. The summed E-state index contributed by atoms with van der Waals surface area (Å²) in [6, 6.07) is 0. The maximum atomic E-state index is 5.90. The summed E-state index contributed by atoms with van der Waals surface area (Å²) < 4.78 is 5.15. The molecule has 1 rings (SSSR count). The van der Waals surface area contributed by atoms with Gasteiger partial charge in [-0.1, -0.05) is 0 Å². The predicted octanol–water partition coefficient (Wildman–Crippen LogP) is 1.82. The van der Waals surface area contributed by atoms with Crippen LogP contribution in [0.3, 0.4) is 0 Å². The largest absolute Gasteiger partial charge is 0.380 e. The Kier molecular flexibility index (Phi) is 6.07. The van der Waals surface area contributed by atoms with Gasteiger partial charge in [0.05, 0.1) is 6.10 Å². The lowest BCUT2D eigenvalue weighted by molar-refractivity contribution is 0.128. The van der Waals surface area contributed by atoms with E-state index in [1.807, 2.05) is 25.7 Å². The molecule has 1 aromatic heterocycles. The first-order valence-electron chi connectivity index (χ1n) is 6.03. The van der Waals surface area contributed by atoms with Crippen LogP contribution in [0.4, 0.5) is 11.9 Å². The smallest absolute Gasteiger partial charge is 0.231 e. The molecule has 0 fully saturated rings. The summed E-state index contributed by atoms with van der Waals surface area (Å²) in [5.74, 6) is 1.06. The molecule has 1 heterocycles. The van der Waals surface area contributed by atoms with Crippen LogP contribution in [0.5, 0.6) is 0 Å². The lowest BCUT2D eigenvalue weighted by Gasteiger charge is -2.19. The molecule has 0 spiro atoms. The lowest BCUT2D eigenvalue weighted by atomic mass is 10.4. The number of hydrogen-bond acceptors (Lipinski definition) is 6. The highest BCUT2D eigenvalue weighted by Crippen LogP contribution is 2.13. The summed E-state index contributed by atoms with van der Waals surface area (Å²) in [5, 5.41) is 3.28. The van der Waals surface area contributed by atoms with Crippen molar-refractivity contribution in [1.82, 2.24) is 15.0 Å². The van der Waals surface area contributed by atoms with Crippen LogP contribution in [0.25, 0.3) is 0 Å². The van der Waals surface area contributed by atoms with E-state index in [-0.39, 0.29) is 11.4 Å². The van der Waals surface area contributed by atoms with Crippen LogP contribution in [-0.4, -0.2) is 47.8 Å². The quantitative estimate of drug-likeness (QED) is 0.818. The molecule has 102 valence electrons. The Morgan fingerprint density at radius 1 is 1.28 bits per heavy atom. The molecule has 1 unspecified atom stereocenters. The van der Waals surface area contributed by atoms with Crippen LogP contribution >= 0.6 is 11.6 Å². The second kappa shape index (κ2) is 7.33. The number of nitrogens with zero attached hydrogens (tertiary/aromatic N) is 4. The molecule has 0 aliphatic carbocycles. The molecule has 0 saturated carbocycles. The van der Waals surface area contributed by atoms with Gasteiger partial charge in [-0.05, 0) is 32.4 Å². The van der Waals surface area contributed by atoms with Gasteiger partial charge in [-0.25, -0.2) is 0 Å². The third kappa shape index (κ3) is 4.27. The van der Waals surface area contributed by atoms with Crippen LogP contribution in [0.15, 0.2) is 0 Å². The van der Waals surface area contributed by atoms with Gasteiger partial charge >= 0.3 is 0 Å². The number of nitrogens with one attached hydrogen (secondary N) is 1. The summed E-state index contributed by atoms with van der Waals surface area (Å²) in [7, 11) is 1.66. The topological polar surface area (TPSA) is 63.2 Å². The van der Waals surface area contributed by atoms with Crippen molar-refractivity contribution in [3.8, 4) is 0 Å². The summed E-state index contributed by atoms with van der Waals surface area (Å²) >= 11 is 5.90. The molecule has 0 amide bonds. The average Bonchev–Trinajstić information content (AvgIpc) is 2.37. The van der Waals surface area contributed by atoms with Gasteiger partial charge in [0.25, 0.3) is 0 Å². The zero-order chi connectivity index (χ0) is 13.5. The molecule has 0 aliphatic rings. The number of aromatic nitrogens is 3. The van der Waals surface area contributed by atoms with Gasteiger partial charge in [-0.15, -0.1) is 0 Å². The Balaban J connectivity index is 2.80. The summed E-state index contributed by atoms with van der Waals surface area (Å²) in [6.45, 7) is 8.31. The average molecular weight is 274 g/mol. The van der Waals surface area contributed by atoms with Gasteiger partial charge in [0.2, 0.25) is 17.2 Å². The molecular formula is C11H20ClN5O. The van der Waals surface area contributed by atoms with E-state index in [0.29, 0.717) is 18.4 Å². The minimum Gasteiger partial charge on any atom is -0.380 e. The molecule has 1 aromatic rings. The normalized spacial score (nSPS) is 12.3. The number of halogens is 1. The molecule has 6 nitrogen and oxygen atoms in total. The molecule has 0 aliphatic heterocycles. The van der Waals surface area contributed by atoms with Crippen molar-refractivity contribution in [3.05, 3.63) is 5.28 Å². The van der Waals surface area contributed by atoms with E-state index in [9.17, 15) is 0 Å². The number of ether oxygens (including phenoxy) is 1. The van der Waals surface area contributed by atoms with E-state index >= 15 is 0 Å². The standard InChI is InChI=1S/C11H20ClN5O/c1-5-17(6-2)11-15-9(12)14-10(16-11)13-7-8(3)18-4/h8H,5-7H2,1-4H3,(H,13,14,15,16). The minimum atomic E-state index is 0.0810. The number of rotatable bonds is 7. The van der Waals surface area contributed by atoms with Gasteiger partial charge in [0.1, 0.15) is 0 Å². The fourth-order valence-corrected chi connectivity index (χ4v) is 1.54. The Hall–Kier alpha value is -1.14. The van der Waals surface area contributed by atoms with E-state index in [0.717, 1.165) is 13.1 Å². The van der Waals surface area contributed by atoms with Crippen molar-refractivity contribution >= 4 is 23.5 Å². The van der Waals surface area contributed by atoms with E-state index in [1.54, 1.807) is 7.11 Å². The highest BCUT2D eigenvalue weighted by Gasteiger charge is 2.10. The van der Waals surface area contributed by atoms with Crippen molar-refractivity contribution in [2.75, 3.05) is 37.0 Å². The molecule has 1 atom stereocenters. The van der Waals surface area contributed by atoms with Gasteiger partial charge < -0.3 is 15.0 Å². The van der Waals surface area contributed by atoms with E-state index < -0.39 is 0 Å². The van der Waals surface area contributed by atoms with Crippen molar-refractivity contribution in [2.45, 2.75) is 26.9 Å². The Morgan fingerprint density at radius 2 is 1.94 bits per heavy atom. The van der Waals surface area contributed by atoms with Gasteiger partial charge in [0, 0.05) is 26.7 Å². The Bertz CT molecular complexity index is 372. The van der Waals surface area contributed by atoms with Crippen molar-refractivity contribution in [2.24, 2.45) is 0 Å². The highest BCUT2D eigenvalue weighted by molar-refractivity contribution is 6.28. The number of hydrogen-bond donors (Lipinski definition) is 1. The van der Waals surface area contributed by atoms with Gasteiger partial charge in [-0.2, -0.15) is 15.0 Å². The molecular weight excluding hydrogens is 254 g/mol. The molecule has 7 heteroatoms. The van der Waals surface area contributed by atoms with Crippen molar-refractivity contribution in [1.29, 1.82) is 0 Å². The molecule has 0 saturated heterocycles. The third-order valence-corrected chi connectivity index (χ3v) is 2.76. The second-order valence-corrected chi connectivity index (χ2v) is 4.17. The highest BCUT2D eigenvalue weighted by atomic mass is 35.5. The predicted molar refractivity (Wildman–Crippen MR) is 73.4 cm³/mol. The van der Waals surface area contributed by atoms with E-state index in [1.165, 1.54) is 0 Å². The van der Waals surface area contributed by atoms with Crippen molar-refractivity contribution in [3.63, 3.8) is 0 Å². The lowest BCUT2D eigenvalue weighted by Crippen LogP contribution is -2.25. The first-order valence-corrected chi connectivity index (χ1v) is 6.41. The van der Waals surface area contributed by atoms with E-state index in [4.69, 9.17) is 16.3 Å². The SMILES string of the molecule is CCN(CC)c1nc(Cl)nc(NCC(C)OC)n1. The maximum Gasteiger partial charge on any atom is 0.231 e. The zero-order valence-corrected chi connectivity index (χ0v) is 12.0. The summed E-state index contributed by atoms with van der Waals surface area (Å²) in [5.41, 5.74) is 0. The van der Waals surface area contributed by atoms with Crippen LogP contribution < -0.4 is 10.2 Å². The molecule has 0 bridgehead atoms. The number of anilines is 2. The zero-order valence-electron chi connectivity index (χ0n) is 11.3. The fraction of sp³-hybridized carbons (Fsp3) is 0.727. The summed E-state index contributed by atoms with van der Waals surface area (Å²) in [6.07, 6.45) is 0.0810. The monoisotopic (exact) mass is 273 g/mol. The molecule has 1 N–H and O–H groups in total. The van der Waals surface area contributed by atoms with Crippen LogP contribution in [0.1, 0.15) is 20.8 Å². The van der Waals surface area contributed by atoms with Crippen LogP contribution in [-0.2, 0) is 4.74 Å². The first-order chi connectivity index (χ1) is 8.60. The third-order valence-electron chi connectivity index (χ3n) is 2.59. The molecule has 0 aromatic carbocycles. The molecule has 0 radical (unpaired) electrons. The second-order valence-electron chi connectivity index (χ2n) is 3.83. The Labute approximate surface area is 113 Å². The summed E-state index contributed by atoms with van der Waals surface area (Å²) in [4.78, 5) is 14.5. The molecule has 18 heavy (non-hydrogen) atoms. The van der Waals surface area contributed by atoms with Gasteiger partial charge in [-0.3, -0.25) is 0 Å². The van der Waals surface area contributed by atoms with Gasteiger partial charge in [0.15, 0.2) is 0 Å². The van der Waals surface area contributed by atoms with Crippen LogP contribution in [0, 0.1) is 0 Å². The number of methoxy groups -OCH3 is 1. The fourth-order valence-electron chi connectivity index (χ4n) is 1.38. The van der Waals surface area contributed by atoms with Crippen molar-refractivity contribution < 1.29 is 4.74 Å². The van der Waals surface area contributed by atoms with Crippen LogP contribution in [0.2, 0.25) is 5.28 Å².